The monoisotopic (exact) mass is 411 g/mol. The fraction of sp³-hybridized carbons (Fsp3) is 0.409. The number of ether oxygens (including phenoxy) is 1. The van der Waals surface area contributed by atoms with E-state index in [1.54, 1.807) is 19.2 Å². The van der Waals surface area contributed by atoms with Crippen molar-refractivity contribution in [2.75, 3.05) is 32.1 Å². The number of rotatable bonds is 7. The summed E-state index contributed by atoms with van der Waals surface area (Å²) in [6.45, 7) is 2.48. The number of carbonyl (C=O) groups excluding carboxylic acids is 1. The first kappa shape index (κ1) is 20.3. The van der Waals surface area contributed by atoms with E-state index in [9.17, 15) is 9.18 Å². The van der Waals surface area contributed by atoms with Gasteiger partial charge in [-0.2, -0.15) is 5.10 Å². The van der Waals surface area contributed by atoms with Crippen LogP contribution >= 0.6 is 0 Å². The second kappa shape index (κ2) is 9.21. The second-order valence-corrected chi connectivity index (χ2v) is 7.61. The van der Waals surface area contributed by atoms with E-state index in [1.165, 1.54) is 12.1 Å². The van der Waals surface area contributed by atoms with Gasteiger partial charge < -0.3 is 15.0 Å². The number of carbonyl (C=O) groups is 1. The van der Waals surface area contributed by atoms with Gasteiger partial charge in [-0.3, -0.25) is 9.89 Å². The Labute approximate surface area is 174 Å². The van der Waals surface area contributed by atoms with Crippen molar-refractivity contribution in [1.29, 1.82) is 0 Å². The zero-order valence-corrected chi connectivity index (χ0v) is 17.0. The molecule has 2 N–H and O–H groups in total. The number of anilines is 1. The van der Waals surface area contributed by atoms with Crippen LogP contribution in [0, 0.1) is 5.82 Å². The van der Waals surface area contributed by atoms with Crippen molar-refractivity contribution in [3.8, 4) is 0 Å². The number of methoxy groups -OCH3 is 1. The van der Waals surface area contributed by atoms with Crippen molar-refractivity contribution in [2.24, 2.45) is 0 Å². The quantitative estimate of drug-likeness (QED) is 0.622. The molecule has 0 unspecified atom stereocenters. The lowest BCUT2D eigenvalue weighted by Gasteiger charge is -2.32. The summed E-state index contributed by atoms with van der Waals surface area (Å²) in [5.41, 5.74) is 2.66. The summed E-state index contributed by atoms with van der Waals surface area (Å²) >= 11 is 0. The number of benzene rings is 1. The molecule has 1 aromatic carbocycles. The summed E-state index contributed by atoms with van der Waals surface area (Å²) in [5.74, 6) is 0.820. The van der Waals surface area contributed by atoms with Crippen LogP contribution in [0.4, 0.5) is 10.2 Å². The second-order valence-electron chi connectivity index (χ2n) is 7.61. The van der Waals surface area contributed by atoms with Crippen LogP contribution in [0.15, 0.2) is 36.4 Å². The Kier molecular flexibility index (Phi) is 6.23. The molecule has 1 aliphatic rings. The molecule has 158 valence electrons. The molecule has 4 rings (SSSR count). The number of nitrogens with zero attached hydrogens (tertiary/aromatic N) is 3. The highest BCUT2D eigenvalue weighted by molar-refractivity contribution is 5.87. The Balaban J connectivity index is 1.43. The summed E-state index contributed by atoms with van der Waals surface area (Å²) in [7, 11) is 1.61. The molecular weight excluding hydrogens is 385 g/mol. The Morgan fingerprint density at radius 1 is 1.30 bits per heavy atom. The number of pyridine rings is 1. The summed E-state index contributed by atoms with van der Waals surface area (Å²) in [5, 5.41) is 11.5. The molecule has 1 saturated heterocycles. The first-order valence-corrected chi connectivity index (χ1v) is 10.2. The minimum atomic E-state index is -0.248. The fourth-order valence-corrected chi connectivity index (χ4v) is 3.86. The van der Waals surface area contributed by atoms with Gasteiger partial charge in [-0.15, -0.1) is 0 Å². The predicted octanol–water partition coefficient (Wildman–Crippen LogP) is 3.45. The Morgan fingerprint density at radius 2 is 2.13 bits per heavy atom. The smallest absolute Gasteiger partial charge is 0.224 e. The molecule has 0 saturated carbocycles. The number of aromatic nitrogens is 3. The van der Waals surface area contributed by atoms with Crippen molar-refractivity contribution in [1.82, 2.24) is 20.1 Å². The molecule has 8 heteroatoms. The maximum absolute atomic E-state index is 13.0. The lowest BCUT2D eigenvalue weighted by Crippen LogP contribution is -2.39. The number of amides is 1. The number of hydrogen-bond donors (Lipinski definition) is 2. The SMILES string of the molecule is COCCC(=O)N1CCC[C@H](c2ccc3c(NCc4ccc(F)cc4)n[nH]c3n2)C1. The van der Waals surface area contributed by atoms with Gasteiger partial charge >= 0.3 is 0 Å². The van der Waals surface area contributed by atoms with Crippen LogP contribution in [-0.4, -0.2) is 52.8 Å². The normalized spacial score (nSPS) is 16.7. The Hall–Kier alpha value is -3.00. The summed E-state index contributed by atoms with van der Waals surface area (Å²) < 4.78 is 18.1. The molecule has 1 amide bonds. The van der Waals surface area contributed by atoms with Gasteiger partial charge in [0.1, 0.15) is 5.82 Å². The van der Waals surface area contributed by atoms with Gasteiger partial charge in [-0.25, -0.2) is 9.37 Å². The number of nitrogens with one attached hydrogen (secondary N) is 2. The van der Waals surface area contributed by atoms with Gasteiger partial charge in [0.05, 0.1) is 18.4 Å². The molecule has 0 radical (unpaired) electrons. The third-order valence-corrected chi connectivity index (χ3v) is 5.53. The highest BCUT2D eigenvalue weighted by Gasteiger charge is 2.25. The maximum atomic E-state index is 13.0. The third kappa shape index (κ3) is 4.59. The van der Waals surface area contributed by atoms with E-state index in [2.05, 4.69) is 15.5 Å². The number of halogens is 1. The van der Waals surface area contributed by atoms with Crippen molar-refractivity contribution in [3.05, 3.63) is 53.5 Å². The maximum Gasteiger partial charge on any atom is 0.224 e. The minimum Gasteiger partial charge on any atom is -0.384 e. The van der Waals surface area contributed by atoms with E-state index in [0.717, 1.165) is 41.7 Å². The first-order chi connectivity index (χ1) is 14.6. The molecule has 1 atom stereocenters. The van der Waals surface area contributed by atoms with E-state index in [1.807, 2.05) is 17.0 Å². The topological polar surface area (TPSA) is 83.1 Å². The van der Waals surface area contributed by atoms with Crippen LogP contribution < -0.4 is 5.32 Å². The molecular formula is C22H26FN5O2. The van der Waals surface area contributed by atoms with Gasteiger partial charge in [0, 0.05) is 38.4 Å². The Bertz CT molecular complexity index is 1000. The van der Waals surface area contributed by atoms with Crippen molar-refractivity contribution in [3.63, 3.8) is 0 Å². The zero-order valence-electron chi connectivity index (χ0n) is 17.0. The van der Waals surface area contributed by atoms with Crippen LogP contribution in [0.2, 0.25) is 0 Å². The first-order valence-electron chi connectivity index (χ1n) is 10.2. The highest BCUT2D eigenvalue weighted by Crippen LogP contribution is 2.28. The average molecular weight is 411 g/mol. The number of fused-ring (bicyclic) bond motifs is 1. The van der Waals surface area contributed by atoms with Crippen molar-refractivity contribution < 1.29 is 13.9 Å². The van der Waals surface area contributed by atoms with Crippen LogP contribution in [0.5, 0.6) is 0 Å². The predicted molar refractivity (Wildman–Crippen MR) is 113 cm³/mol. The molecule has 3 aromatic rings. The van der Waals surface area contributed by atoms with Crippen LogP contribution in [0.1, 0.15) is 36.4 Å². The number of likely N-dealkylation sites (tertiary alicyclic amines) is 1. The van der Waals surface area contributed by atoms with E-state index in [-0.39, 0.29) is 17.6 Å². The molecule has 1 fully saturated rings. The van der Waals surface area contributed by atoms with Crippen LogP contribution in [-0.2, 0) is 16.1 Å². The molecule has 0 spiro atoms. The molecule has 0 bridgehead atoms. The highest BCUT2D eigenvalue weighted by atomic mass is 19.1. The molecule has 30 heavy (non-hydrogen) atoms. The molecule has 0 aliphatic carbocycles. The van der Waals surface area contributed by atoms with E-state index in [4.69, 9.17) is 9.72 Å². The van der Waals surface area contributed by atoms with Gasteiger partial charge in [0.2, 0.25) is 5.91 Å². The van der Waals surface area contributed by atoms with Crippen LogP contribution in [0.25, 0.3) is 11.0 Å². The summed E-state index contributed by atoms with van der Waals surface area (Å²) in [6, 6.07) is 10.4. The van der Waals surface area contributed by atoms with Gasteiger partial charge in [-0.1, -0.05) is 12.1 Å². The largest absolute Gasteiger partial charge is 0.384 e. The van der Waals surface area contributed by atoms with Gasteiger partial charge in [-0.05, 0) is 42.7 Å². The number of H-pyrrole nitrogens is 1. The molecule has 3 heterocycles. The molecule has 2 aromatic heterocycles. The summed E-state index contributed by atoms with van der Waals surface area (Å²) in [4.78, 5) is 19.0. The third-order valence-electron chi connectivity index (χ3n) is 5.53. The van der Waals surface area contributed by atoms with Gasteiger partial charge in [0.15, 0.2) is 11.5 Å². The lowest BCUT2D eigenvalue weighted by atomic mass is 9.94. The fourth-order valence-electron chi connectivity index (χ4n) is 3.86. The van der Waals surface area contributed by atoms with Crippen LogP contribution in [0.3, 0.4) is 0 Å². The zero-order chi connectivity index (χ0) is 20.9. The molecule has 1 aliphatic heterocycles. The Morgan fingerprint density at radius 3 is 2.93 bits per heavy atom. The number of hydrogen-bond acceptors (Lipinski definition) is 5. The van der Waals surface area contributed by atoms with Crippen molar-refractivity contribution >= 4 is 22.8 Å². The lowest BCUT2D eigenvalue weighted by molar-refractivity contribution is -0.133. The average Bonchev–Trinajstić information content (AvgIpc) is 3.19. The van der Waals surface area contributed by atoms with Crippen molar-refractivity contribution in [2.45, 2.75) is 31.7 Å². The van der Waals surface area contributed by atoms with Gasteiger partial charge in [0.25, 0.3) is 0 Å². The number of aromatic amines is 1. The standard InChI is InChI=1S/C22H26FN5O2/c1-30-12-10-20(29)28-11-2-3-16(14-28)19-9-8-18-21(26-27-22(18)25-19)24-13-15-4-6-17(23)7-5-15/h4-9,16H,2-3,10-14H2,1H3,(H2,24,25,26,27)/t16-/m0/s1. The minimum absolute atomic E-state index is 0.136. The van der Waals surface area contributed by atoms with E-state index in [0.29, 0.717) is 31.9 Å². The summed E-state index contributed by atoms with van der Waals surface area (Å²) in [6.07, 6.45) is 2.40. The van der Waals surface area contributed by atoms with E-state index >= 15 is 0 Å². The number of piperidine rings is 1. The molecule has 7 nitrogen and oxygen atoms in total. The van der Waals surface area contributed by atoms with E-state index < -0.39 is 0 Å².